The summed E-state index contributed by atoms with van der Waals surface area (Å²) in [4.78, 5) is 41.1. The molecule has 0 saturated carbocycles. The van der Waals surface area contributed by atoms with Gasteiger partial charge in [-0.15, -0.1) is 0 Å². The number of carbonyl (C=O) groups is 2. The summed E-state index contributed by atoms with van der Waals surface area (Å²) in [6.07, 6.45) is 7.98. The lowest BCUT2D eigenvalue weighted by Crippen LogP contribution is -2.39. The van der Waals surface area contributed by atoms with Gasteiger partial charge in [-0.05, 0) is 43.5 Å². The van der Waals surface area contributed by atoms with Gasteiger partial charge in [-0.2, -0.15) is 0 Å². The van der Waals surface area contributed by atoms with Crippen molar-refractivity contribution in [3.63, 3.8) is 0 Å². The van der Waals surface area contributed by atoms with E-state index in [2.05, 4.69) is 30.5 Å². The number of hydrogen-bond donors (Lipinski definition) is 4. The Morgan fingerprint density at radius 2 is 1.78 bits per heavy atom. The minimum Gasteiger partial charge on any atom is -0.397 e. The molecule has 0 bridgehead atoms. The van der Waals surface area contributed by atoms with Gasteiger partial charge in [-0.1, -0.05) is 0 Å². The number of amides is 2. The molecule has 2 aliphatic heterocycles. The monoisotopic (exact) mass is 487 g/mol. The zero-order chi connectivity index (χ0) is 25.1. The maximum atomic E-state index is 12.0. The van der Waals surface area contributed by atoms with Crippen LogP contribution in [0.3, 0.4) is 0 Å². The highest BCUT2D eigenvalue weighted by molar-refractivity contribution is 5.98. The molecule has 6 N–H and O–H groups in total. The molecule has 5 rings (SSSR count). The van der Waals surface area contributed by atoms with Crippen molar-refractivity contribution in [1.29, 1.82) is 0 Å². The summed E-state index contributed by atoms with van der Waals surface area (Å²) in [7, 11) is 0. The topological polar surface area (TPSA) is 155 Å². The number of nitrogens with zero attached hydrogens (tertiary/aromatic N) is 5. The first-order valence-electron chi connectivity index (χ1n) is 12.0. The third-order valence-electron chi connectivity index (χ3n) is 6.51. The van der Waals surface area contributed by atoms with Crippen molar-refractivity contribution in [3.05, 3.63) is 54.5 Å². The number of pyridine rings is 3. The molecule has 3 aromatic heterocycles. The molecule has 0 aromatic carbocycles. The van der Waals surface area contributed by atoms with Crippen molar-refractivity contribution in [2.24, 2.45) is 5.73 Å². The van der Waals surface area contributed by atoms with E-state index < -0.39 is 5.91 Å². The molecule has 2 fully saturated rings. The first-order valence-corrected chi connectivity index (χ1v) is 12.0. The van der Waals surface area contributed by atoms with E-state index in [4.69, 9.17) is 11.5 Å². The first-order chi connectivity index (χ1) is 17.5. The molecule has 186 valence electrons. The largest absolute Gasteiger partial charge is 0.397 e. The molecule has 11 heteroatoms. The predicted molar refractivity (Wildman–Crippen MR) is 139 cm³/mol. The van der Waals surface area contributed by atoms with Gasteiger partial charge in [0, 0.05) is 44.4 Å². The molecular weight excluding hydrogens is 458 g/mol. The van der Waals surface area contributed by atoms with E-state index in [0.29, 0.717) is 41.5 Å². The minimum atomic E-state index is -0.544. The van der Waals surface area contributed by atoms with Crippen LogP contribution < -0.4 is 31.9 Å². The zero-order valence-corrected chi connectivity index (χ0v) is 19.9. The van der Waals surface area contributed by atoms with E-state index in [1.807, 2.05) is 18.2 Å². The number of primary amides is 1. The molecule has 0 spiro atoms. The Labute approximate surface area is 208 Å². The predicted octanol–water partition coefficient (Wildman–Crippen LogP) is 2.50. The summed E-state index contributed by atoms with van der Waals surface area (Å²) in [6.45, 7) is 2.37. The van der Waals surface area contributed by atoms with Crippen LogP contribution in [0.5, 0.6) is 0 Å². The van der Waals surface area contributed by atoms with Crippen LogP contribution in [-0.2, 0) is 4.79 Å². The number of aromatic nitrogens is 3. The number of hydrogen-bond acceptors (Lipinski definition) is 9. The molecule has 2 saturated heterocycles. The fraction of sp³-hybridized carbons (Fsp3) is 0.320. The smallest absolute Gasteiger partial charge is 0.252 e. The Hall–Kier alpha value is -4.41. The van der Waals surface area contributed by atoms with E-state index in [1.165, 1.54) is 6.20 Å². The third-order valence-corrected chi connectivity index (χ3v) is 6.51. The molecule has 36 heavy (non-hydrogen) atoms. The highest BCUT2D eigenvalue weighted by atomic mass is 16.2. The lowest BCUT2D eigenvalue weighted by atomic mass is 10.0. The fourth-order valence-corrected chi connectivity index (χ4v) is 4.57. The molecular formula is C25H29N9O2. The number of nitrogen functional groups attached to an aromatic ring is 1. The van der Waals surface area contributed by atoms with Crippen molar-refractivity contribution >= 4 is 46.3 Å². The van der Waals surface area contributed by atoms with Crippen LogP contribution in [0.2, 0.25) is 0 Å². The average Bonchev–Trinajstić information content (AvgIpc) is 3.31. The van der Waals surface area contributed by atoms with Crippen LogP contribution in [0.25, 0.3) is 0 Å². The number of piperidine rings is 1. The van der Waals surface area contributed by atoms with Crippen LogP contribution in [0.15, 0.2) is 48.9 Å². The van der Waals surface area contributed by atoms with Gasteiger partial charge < -0.3 is 31.9 Å². The highest BCUT2D eigenvalue weighted by Crippen LogP contribution is 2.26. The Kier molecular flexibility index (Phi) is 6.52. The maximum Gasteiger partial charge on any atom is 0.252 e. The second-order valence-corrected chi connectivity index (χ2v) is 9.01. The van der Waals surface area contributed by atoms with Crippen LogP contribution >= 0.6 is 0 Å². The number of rotatable bonds is 7. The Morgan fingerprint density at radius 1 is 0.972 bits per heavy atom. The van der Waals surface area contributed by atoms with Gasteiger partial charge in [0.1, 0.15) is 17.5 Å². The maximum absolute atomic E-state index is 12.0. The first kappa shape index (κ1) is 23.3. The van der Waals surface area contributed by atoms with Crippen molar-refractivity contribution in [2.45, 2.75) is 31.7 Å². The van der Waals surface area contributed by atoms with Gasteiger partial charge in [0.15, 0.2) is 0 Å². The number of carbonyl (C=O) groups excluding carboxylic acids is 2. The molecule has 0 aliphatic carbocycles. The molecule has 2 aliphatic rings. The number of nitrogens with two attached hydrogens (primary N) is 2. The quantitative estimate of drug-likeness (QED) is 0.393. The lowest BCUT2D eigenvalue weighted by Gasteiger charge is -2.34. The SMILES string of the molecule is NC(=O)c1cnc(Nc2ccc(N3CCCC3=O)cn2)cc1NC1CCN(c2ccc(N)cn2)CC1. The van der Waals surface area contributed by atoms with Gasteiger partial charge in [-0.25, -0.2) is 15.0 Å². The zero-order valence-electron chi connectivity index (χ0n) is 19.9. The Bertz CT molecular complexity index is 1240. The molecule has 0 unspecified atom stereocenters. The van der Waals surface area contributed by atoms with Gasteiger partial charge in [0.05, 0.1) is 35.0 Å². The van der Waals surface area contributed by atoms with E-state index in [9.17, 15) is 9.59 Å². The Balaban J connectivity index is 1.25. The highest BCUT2D eigenvalue weighted by Gasteiger charge is 2.23. The molecule has 0 radical (unpaired) electrons. The van der Waals surface area contributed by atoms with Crippen LogP contribution in [0.1, 0.15) is 36.0 Å². The van der Waals surface area contributed by atoms with E-state index >= 15 is 0 Å². The van der Waals surface area contributed by atoms with Crippen LogP contribution in [-0.4, -0.2) is 52.4 Å². The van der Waals surface area contributed by atoms with Crippen molar-refractivity contribution in [3.8, 4) is 0 Å². The molecule has 3 aromatic rings. The van der Waals surface area contributed by atoms with Crippen molar-refractivity contribution < 1.29 is 9.59 Å². The van der Waals surface area contributed by atoms with E-state index in [0.717, 1.165) is 43.9 Å². The minimum absolute atomic E-state index is 0.118. The molecule has 2 amide bonds. The van der Waals surface area contributed by atoms with Gasteiger partial charge in [0.2, 0.25) is 5.91 Å². The second kappa shape index (κ2) is 10.1. The van der Waals surface area contributed by atoms with Gasteiger partial charge >= 0.3 is 0 Å². The summed E-state index contributed by atoms with van der Waals surface area (Å²) in [5.41, 5.74) is 13.7. The number of anilines is 6. The molecule has 5 heterocycles. The molecule has 0 atom stereocenters. The van der Waals surface area contributed by atoms with Crippen molar-refractivity contribution in [2.75, 3.05) is 45.8 Å². The van der Waals surface area contributed by atoms with Crippen LogP contribution in [0.4, 0.5) is 34.5 Å². The Morgan fingerprint density at radius 3 is 2.42 bits per heavy atom. The third kappa shape index (κ3) is 5.14. The van der Waals surface area contributed by atoms with E-state index in [1.54, 1.807) is 29.4 Å². The summed E-state index contributed by atoms with van der Waals surface area (Å²) in [5, 5.41) is 6.64. The van der Waals surface area contributed by atoms with Gasteiger partial charge in [0.25, 0.3) is 5.91 Å². The van der Waals surface area contributed by atoms with Crippen molar-refractivity contribution in [1.82, 2.24) is 15.0 Å². The lowest BCUT2D eigenvalue weighted by molar-refractivity contribution is -0.117. The summed E-state index contributed by atoms with van der Waals surface area (Å²) in [5.74, 6) is 1.59. The standard InChI is InChI=1S/C25H29N9O2/c26-16-3-6-23(30-13-16)33-10-7-17(8-11-33)31-20-12-22(29-15-19(20)25(27)36)32-21-5-4-18(14-28-21)34-9-1-2-24(34)35/h3-6,12-15,17H,1-2,7-11,26H2,(H2,27,36)(H2,28,29,31,32). The van der Waals surface area contributed by atoms with E-state index in [-0.39, 0.29) is 11.9 Å². The summed E-state index contributed by atoms with van der Waals surface area (Å²) < 4.78 is 0. The summed E-state index contributed by atoms with van der Waals surface area (Å²) >= 11 is 0. The normalized spacial score (nSPS) is 16.3. The van der Waals surface area contributed by atoms with Gasteiger partial charge in [-0.3, -0.25) is 9.59 Å². The average molecular weight is 488 g/mol. The second-order valence-electron chi connectivity index (χ2n) is 9.01. The number of nitrogens with one attached hydrogen (secondary N) is 2. The van der Waals surface area contributed by atoms with Crippen LogP contribution in [0, 0.1) is 0 Å². The fourth-order valence-electron chi connectivity index (χ4n) is 4.57. The molecule has 11 nitrogen and oxygen atoms in total. The summed E-state index contributed by atoms with van der Waals surface area (Å²) in [6, 6.07) is 9.38.